The molecule has 26 heavy (non-hydrogen) atoms. The molecule has 0 bridgehead atoms. The molecular weight excluding hydrogens is 352 g/mol. The van der Waals surface area contributed by atoms with E-state index in [2.05, 4.69) is 10.6 Å². The fourth-order valence-electron chi connectivity index (χ4n) is 3.02. The summed E-state index contributed by atoms with van der Waals surface area (Å²) in [5.41, 5.74) is 2.39. The molecule has 1 amide bonds. The Morgan fingerprint density at radius 2 is 1.96 bits per heavy atom. The molecule has 1 unspecified atom stereocenters. The lowest BCUT2D eigenvalue weighted by molar-refractivity contribution is -0.118. The van der Waals surface area contributed by atoms with Gasteiger partial charge in [-0.1, -0.05) is 13.0 Å². The Labute approximate surface area is 153 Å². The smallest absolute Gasteiger partial charge is 0.246 e. The van der Waals surface area contributed by atoms with E-state index in [0.717, 1.165) is 11.1 Å². The van der Waals surface area contributed by atoms with E-state index in [1.54, 1.807) is 56.5 Å². The second-order valence-electron chi connectivity index (χ2n) is 6.12. The number of benzene rings is 2. The van der Waals surface area contributed by atoms with Gasteiger partial charge < -0.3 is 15.4 Å². The van der Waals surface area contributed by atoms with Crippen LogP contribution in [-0.2, 0) is 21.1 Å². The topological polar surface area (TPSA) is 84.5 Å². The first-order valence-corrected chi connectivity index (χ1v) is 10.1. The zero-order valence-corrected chi connectivity index (χ0v) is 15.6. The SMILES string of the molecule is CCS(=O)(=O)c1ccc2c(c1)CCNC2C(=O)Nc1ccc(OC)cc1. The average Bonchev–Trinajstić information content (AvgIpc) is 2.67. The first-order valence-electron chi connectivity index (χ1n) is 8.48. The van der Waals surface area contributed by atoms with E-state index in [1.807, 2.05) is 0 Å². The zero-order chi connectivity index (χ0) is 18.7. The van der Waals surface area contributed by atoms with Gasteiger partial charge in [-0.15, -0.1) is 0 Å². The summed E-state index contributed by atoms with van der Waals surface area (Å²) in [6.07, 6.45) is 0.689. The minimum atomic E-state index is -3.26. The molecule has 1 aliphatic rings. The molecule has 3 rings (SSSR count). The molecule has 1 aliphatic heterocycles. The molecule has 0 aromatic heterocycles. The Bertz CT molecular complexity index is 908. The van der Waals surface area contributed by atoms with Gasteiger partial charge in [-0.3, -0.25) is 4.79 Å². The van der Waals surface area contributed by atoms with Crippen LogP contribution in [0, 0.1) is 0 Å². The Morgan fingerprint density at radius 3 is 2.62 bits per heavy atom. The molecule has 2 aromatic rings. The van der Waals surface area contributed by atoms with Crippen molar-refractivity contribution in [2.24, 2.45) is 0 Å². The fourth-order valence-corrected chi connectivity index (χ4v) is 3.95. The largest absolute Gasteiger partial charge is 0.497 e. The van der Waals surface area contributed by atoms with Gasteiger partial charge in [0.05, 0.1) is 17.8 Å². The predicted octanol–water partition coefficient (Wildman–Crippen LogP) is 2.31. The quantitative estimate of drug-likeness (QED) is 0.839. The molecule has 138 valence electrons. The number of carbonyl (C=O) groups excluding carboxylic acids is 1. The van der Waals surface area contributed by atoms with E-state index in [-0.39, 0.29) is 11.7 Å². The van der Waals surface area contributed by atoms with Crippen molar-refractivity contribution in [3.8, 4) is 5.75 Å². The molecule has 1 heterocycles. The molecule has 2 N–H and O–H groups in total. The highest BCUT2D eigenvalue weighted by Gasteiger charge is 2.27. The Balaban J connectivity index is 1.83. The van der Waals surface area contributed by atoms with Crippen molar-refractivity contribution in [1.82, 2.24) is 5.32 Å². The van der Waals surface area contributed by atoms with Crippen LogP contribution in [0.25, 0.3) is 0 Å². The van der Waals surface area contributed by atoms with Crippen LogP contribution in [-0.4, -0.2) is 33.7 Å². The number of fused-ring (bicyclic) bond motifs is 1. The summed E-state index contributed by atoms with van der Waals surface area (Å²) < 4.78 is 29.3. The van der Waals surface area contributed by atoms with Gasteiger partial charge in [0.25, 0.3) is 0 Å². The van der Waals surface area contributed by atoms with Crippen molar-refractivity contribution in [1.29, 1.82) is 0 Å². The van der Waals surface area contributed by atoms with Gasteiger partial charge in [0.2, 0.25) is 5.91 Å². The summed E-state index contributed by atoms with van der Waals surface area (Å²) in [6.45, 7) is 2.24. The molecule has 0 saturated carbocycles. The first kappa shape index (κ1) is 18.4. The van der Waals surface area contributed by atoms with Crippen LogP contribution in [0.15, 0.2) is 47.4 Å². The van der Waals surface area contributed by atoms with Crippen LogP contribution >= 0.6 is 0 Å². The molecule has 0 aliphatic carbocycles. The Kier molecular flexibility index (Phi) is 5.29. The summed E-state index contributed by atoms with van der Waals surface area (Å²) in [4.78, 5) is 13.0. The molecule has 2 aromatic carbocycles. The number of ether oxygens (including phenoxy) is 1. The van der Waals surface area contributed by atoms with E-state index < -0.39 is 15.9 Å². The van der Waals surface area contributed by atoms with Gasteiger partial charge in [0.15, 0.2) is 9.84 Å². The zero-order valence-electron chi connectivity index (χ0n) is 14.8. The maximum absolute atomic E-state index is 12.7. The number of anilines is 1. The van der Waals surface area contributed by atoms with Gasteiger partial charge in [-0.2, -0.15) is 0 Å². The van der Waals surface area contributed by atoms with Crippen LogP contribution in [0.1, 0.15) is 24.1 Å². The number of methoxy groups -OCH3 is 1. The van der Waals surface area contributed by atoms with Gasteiger partial charge in [-0.05, 0) is 53.9 Å². The van der Waals surface area contributed by atoms with Crippen LogP contribution < -0.4 is 15.4 Å². The van der Waals surface area contributed by atoms with Gasteiger partial charge in [-0.25, -0.2) is 8.42 Å². The molecular formula is C19H22N2O4S. The molecule has 0 spiro atoms. The van der Waals surface area contributed by atoms with E-state index in [9.17, 15) is 13.2 Å². The first-order chi connectivity index (χ1) is 12.4. The number of hydrogen-bond donors (Lipinski definition) is 2. The summed E-state index contributed by atoms with van der Waals surface area (Å²) in [5.74, 6) is 0.599. The summed E-state index contributed by atoms with van der Waals surface area (Å²) in [5, 5.41) is 6.09. The second kappa shape index (κ2) is 7.47. The minimum absolute atomic E-state index is 0.0609. The highest BCUT2D eigenvalue weighted by atomic mass is 32.2. The number of amides is 1. The molecule has 0 saturated heterocycles. The molecule has 1 atom stereocenters. The summed E-state index contributed by atoms with van der Waals surface area (Å²) >= 11 is 0. The van der Waals surface area contributed by atoms with Crippen LogP contribution in [0.3, 0.4) is 0 Å². The van der Waals surface area contributed by atoms with Gasteiger partial charge >= 0.3 is 0 Å². The normalized spacial score (nSPS) is 16.6. The van der Waals surface area contributed by atoms with Crippen LogP contribution in [0.2, 0.25) is 0 Å². The number of carbonyl (C=O) groups is 1. The van der Waals surface area contributed by atoms with Crippen molar-refractivity contribution < 1.29 is 17.9 Å². The van der Waals surface area contributed by atoms with Crippen molar-refractivity contribution in [2.45, 2.75) is 24.3 Å². The summed E-state index contributed by atoms with van der Waals surface area (Å²) in [7, 11) is -1.67. The van der Waals surface area contributed by atoms with Crippen LogP contribution in [0.4, 0.5) is 5.69 Å². The Morgan fingerprint density at radius 1 is 1.23 bits per heavy atom. The number of sulfone groups is 1. The molecule has 0 radical (unpaired) electrons. The second-order valence-corrected chi connectivity index (χ2v) is 8.40. The monoisotopic (exact) mass is 374 g/mol. The van der Waals surface area contributed by atoms with E-state index in [4.69, 9.17) is 4.74 Å². The maximum atomic E-state index is 12.7. The van der Waals surface area contributed by atoms with Crippen LogP contribution in [0.5, 0.6) is 5.75 Å². The van der Waals surface area contributed by atoms with E-state index >= 15 is 0 Å². The maximum Gasteiger partial charge on any atom is 0.246 e. The number of nitrogens with one attached hydrogen (secondary N) is 2. The third-order valence-electron chi connectivity index (χ3n) is 4.53. The number of hydrogen-bond acceptors (Lipinski definition) is 5. The summed E-state index contributed by atoms with van der Waals surface area (Å²) in [6, 6.07) is 11.6. The highest BCUT2D eigenvalue weighted by Crippen LogP contribution is 2.27. The lowest BCUT2D eigenvalue weighted by Crippen LogP contribution is -2.38. The Hall–Kier alpha value is -2.38. The van der Waals surface area contributed by atoms with Crippen molar-refractivity contribution in [3.63, 3.8) is 0 Å². The van der Waals surface area contributed by atoms with E-state index in [1.165, 1.54) is 0 Å². The lowest BCUT2D eigenvalue weighted by atomic mass is 9.94. The van der Waals surface area contributed by atoms with Gasteiger partial charge in [0.1, 0.15) is 11.8 Å². The predicted molar refractivity (Wildman–Crippen MR) is 100 cm³/mol. The number of rotatable bonds is 5. The van der Waals surface area contributed by atoms with Gasteiger partial charge in [0, 0.05) is 12.2 Å². The molecule has 6 nitrogen and oxygen atoms in total. The standard InChI is InChI=1S/C19H22N2O4S/c1-3-26(23,24)16-8-9-17-13(12-16)10-11-20-18(17)19(22)21-14-4-6-15(25-2)7-5-14/h4-9,12,18,20H,3,10-11H2,1-2H3,(H,21,22). The van der Waals surface area contributed by atoms with Crippen molar-refractivity contribution in [3.05, 3.63) is 53.6 Å². The van der Waals surface area contributed by atoms with E-state index in [0.29, 0.717) is 29.3 Å². The third-order valence-corrected chi connectivity index (χ3v) is 6.26. The lowest BCUT2D eigenvalue weighted by Gasteiger charge is -2.26. The molecule has 0 fully saturated rings. The minimum Gasteiger partial charge on any atom is -0.497 e. The third kappa shape index (κ3) is 3.73. The molecule has 7 heteroatoms. The highest BCUT2D eigenvalue weighted by molar-refractivity contribution is 7.91. The van der Waals surface area contributed by atoms with Crippen molar-refractivity contribution in [2.75, 3.05) is 24.7 Å². The van der Waals surface area contributed by atoms with Crippen molar-refractivity contribution >= 4 is 21.4 Å². The average molecular weight is 374 g/mol. The fraction of sp³-hybridized carbons (Fsp3) is 0.316.